The molecule has 1 fully saturated rings. The number of carboxylic acid groups (broad SMARTS) is 1. The second-order valence-corrected chi connectivity index (χ2v) is 6.28. The van der Waals surface area contributed by atoms with Gasteiger partial charge in [-0.1, -0.05) is 11.6 Å². The van der Waals surface area contributed by atoms with E-state index in [0.717, 1.165) is 16.8 Å². The zero-order valence-corrected chi connectivity index (χ0v) is 14.0. The van der Waals surface area contributed by atoms with Crippen LogP contribution in [0.1, 0.15) is 0 Å². The molecule has 1 unspecified atom stereocenters. The number of ether oxygens (including phenoxy) is 1. The molecule has 21 heavy (non-hydrogen) atoms. The van der Waals surface area contributed by atoms with Crippen molar-refractivity contribution in [3.05, 3.63) is 21.8 Å². The van der Waals surface area contributed by atoms with Crippen LogP contribution in [0.4, 0.5) is 5.82 Å². The van der Waals surface area contributed by atoms with Crippen molar-refractivity contribution in [3.8, 4) is 0 Å². The quantitative estimate of drug-likeness (QED) is 0.841. The van der Waals surface area contributed by atoms with Gasteiger partial charge in [-0.2, -0.15) is 0 Å². The molecule has 2 heterocycles. The highest BCUT2D eigenvalue weighted by Gasteiger charge is 2.24. The summed E-state index contributed by atoms with van der Waals surface area (Å²) in [4.78, 5) is 18.9. The number of hydrogen-bond donors (Lipinski definition) is 1. The maximum atomic E-state index is 10.7. The molecule has 0 spiro atoms. The Balaban J connectivity index is 1.98. The van der Waals surface area contributed by atoms with E-state index in [4.69, 9.17) is 21.4 Å². The molecule has 1 atom stereocenters. The van der Waals surface area contributed by atoms with Crippen LogP contribution in [0.5, 0.6) is 0 Å². The van der Waals surface area contributed by atoms with E-state index >= 15 is 0 Å². The van der Waals surface area contributed by atoms with E-state index in [0.29, 0.717) is 24.7 Å². The molecule has 1 aliphatic rings. The monoisotopic (exact) mass is 377 g/mol. The predicted molar refractivity (Wildman–Crippen MR) is 84.0 cm³/mol. The highest BCUT2D eigenvalue weighted by molar-refractivity contribution is 9.10. The third kappa shape index (κ3) is 4.81. The lowest BCUT2D eigenvalue weighted by Gasteiger charge is -2.35. The number of rotatable bonds is 5. The van der Waals surface area contributed by atoms with Gasteiger partial charge in [-0.15, -0.1) is 0 Å². The molecular formula is C13H17BrClN3O3. The molecular weight excluding hydrogens is 362 g/mol. The van der Waals surface area contributed by atoms with Crippen molar-refractivity contribution in [2.45, 2.75) is 6.10 Å². The molecule has 1 aromatic heterocycles. The SMILES string of the molecule is CN(CC(=O)O)CC1CN(c2ncc(Cl)cc2Br)CCO1. The fourth-order valence-corrected chi connectivity index (χ4v) is 3.19. The minimum Gasteiger partial charge on any atom is -0.480 e. The maximum Gasteiger partial charge on any atom is 0.317 e. The third-order valence-electron chi connectivity index (χ3n) is 3.15. The van der Waals surface area contributed by atoms with Crippen LogP contribution in [-0.2, 0) is 9.53 Å². The van der Waals surface area contributed by atoms with E-state index < -0.39 is 5.97 Å². The topological polar surface area (TPSA) is 65.9 Å². The van der Waals surface area contributed by atoms with Crippen molar-refractivity contribution in [1.29, 1.82) is 0 Å². The van der Waals surface area contributed by atoms with Gasteiger partial charge in [0.1, 0.15) is 5.82 Å². The predicted octanol–water partition coefficient (Wildman–Crippen LogP) is 1.72. The van der Waals surface area contributed by atoms with Gasteiger partial charge >= 0.3 is 5.97 Å². The van der Waals surface area contributed by atoms with Crippen molar-refractivity contribution in [2.75, 3.05) is 44.7 Å². The van der Waals surface area contributed by atoms with Gasteiger partial charge in [0, 0.05) is 25.8 Å². The van der Waals surface area contributed by atoms with Crippen molar-refractivity contribution < 1.29 is 14.6 Å². The average Bonchev–Trinajstić information content (AvgIpc) is 2.37. The smallest absolute Gasteiger partial charge is 0.317 e. The summed E-state index contributed by atoms with van der Waals surface area (Å²) in [5.41, 5.74) is 0. The largest absolute Gasteiger partial charge is 0.480 e. The highest BCUT2D eigenvalue weighted by Crippen LogP contribution is 2.27. The molecule has 0 aliphatic carbocycles. The number of hydrogen-bond acceptors (Lipinski definition) is 5. The van der Waals surface area contributed by atoms with Crippen LogP contribution in [0.15, 0.2) is 16.7 Å². The third-order valence-corrected chi connectivity index (χ3v) is 3.94. The fourth-order valence-electron chi connectivity index (χ4n) is 2.31. The summed E-state index contributed by atoms with van der Waals surface area (Å²) in [7, 11) is 1.77. The summed E-state index contributed by atoms with van der Waals surface area (Å²) in [6.45, 7) is 2.56. The number of carbonyl (C=O) groups is 1. The molecule has 1 aromatic rings. The lowest BCUT2D eigenvalue weighted by atomic mass is 10.2. The molecule has 0 saturated carbocycles. The molecule has 0 bridgehead atoms. The van der Waals surface area contributed by atoms with E-state index in [1.54, 1.807) is 18.1 Å². The standard InChI is InChI=1S/C13H17BrClN3O3/c1-17(8-12(19)20)6-10-7-18(2-3-21-10)13-11(14)4-9(15)5-16-13/h4-5,10H,2-3,6-8H2,1H3,(H,19,20). The molecule has 1 saturated heterocycles. The molecule has 6 nitrogen and oxygen atoms in total. The van der Waals surface area contributed by atoms with Gasteiger partial charge in [-0.05, 0) is 29.0 Å². The number of aliphatic carboxylic acids is 1. The summed E-state index contributed by atoms with van der Waals surface area (Å²) >= 11 is 9.37. The van der Waals surface area contributed by atoms with Gasteiger partial charge in [0.25, 0.3) is 0 Å². The number of aromatic nitrogens is 1. The summed E-state index contributed by atoms with van der Waals surface area (Å²) in [5.74, 6) is -0.0131. The molecule has 2 rings (SSSR count). The normalized spacial score (nSPS) is 19.0. The summed E-state index contributed by atoms with van der Waals surface area (Å²) in [6, 6.07) is 1.81. The maximum absolute atomic E-state index is 10.7. The van der Waals surface area contributed by atoms with E-state index in [9.17, 15) is 4.79 Å². The second kappa shape index (κ2) is 7.40. The van der Waals surface area contributed by atoms with Crippen molar-refractivity contribution in [1.82, 2.24) is 9.88 Å². The second-order valence-electron chi connectivity index (χ2n) is 4.99. The lowest BCUT2D eigenvalue weighted by molar-refractivity contribution is -0.138. The van der Waals surface area contributed by atoms with Gasteiger partial charge in [-0.25, -0.2) is 4.98 Å². The zero-order valence-electron chi connectivity index (χ0n) is 11.6. The van der Waals surface area contributed by atoms with Gasteiger partial charge in [0.15, 0.2) is 0 Å². The molecule has 1 N–H and O–H groups in total. The highest BCUT2D eigenvalue weighted by atomic mass is 79.9. The number of pyridine rings is 1. The Morgan fingerprint density at radius 3 is 3.14 bits per heavy atom. The number of halogens is 2. The lowest BCUT2D eigenvalue weighted by Crippen LogP contribution is -2.48. The average molecular weight is 379 g/mol. The Hall–Kier alpha value is -0.890. The van der Waals surface area contributed by atoms with E-state index in [1.165, 1.54) is 0 Å². The first-order chi connectivity index (χ1) is 9.95. The minimum absolute atomic E-state index is 0.00273. The summed E-state index contributed by atoms with van der Waals surface area (Å²) in [6.07, 6.45) is 1.57. The minimum atomic E-state index is -0.840. The van der Waals surface area contributed by atoms with Crippen molar-refractivity contribution in [2.24, 2.45) is 0 Å². The van der Waals surface area contributed by atoms with Crippen molar-refractivity contribution in [3.63, 3.8) is 0 Å². The fraction of sp³-hybridized carbons (Fsp3) is 0.538. The Morgan fingerprint density at radius 1 is 1.71 bits per heavy atom. The first-order valence-corrected chi connectivity index (χ1v) is 7.70. The van der Waals surface area contributed by atoms with Crippen LogP contribution in [0.2, 0.25) is 5.02 Å². The Labute approximate surface area is 136 Å². The molecule has 1 aliphatic heterocycles. The van der Waals surface area contributed by atoms with Gasteiger partial charge in [-0.3, -0.25) is 9.69 Å². The zero-order chi connectivity index (χ0) is 15.4. The van der Waals surface area contributed by atoms with Gasteiger partial charge in [0.2, 0.25) is 0 Å². The number of nitrogens with zero attached hydrogens (tertiary/aromatic N) is 3. The molecule has 0 aromatic carbocycles. The van der Waals surface area contributed by atoms with Crippen molar-refractivity contribution >= 4 is 39.3 Å². The Morgan fingerprint density at radius 2 is 2.48 bits per heavy atom. The van der Waals surface area contributed by atoms with Crippen LogP contribution < -0.4 is 4.90 Å². The van der Waals surface area contributed by atoms with E-state index in [-0.39, 0.29) is 12.6 Å². The summed E-state index contributed by atoms with van der Waals surface area (Å²) < 4.78 is 6.54. The summed E-state index contributed by atoms with van der Waals surface area (Å²) in [5, 5.41) is 9.36. The molecule has 8 heteroatoms. The van der Waals surface area contributed by atoms with E-state index in [2.05, 4.69) is 25.8 Å². The number of anilines is 1. The van der Waals surface area contributed by atoms with Crippen LogP contribution in [0, 0.1) is 0 Å². The van der Waals surface area contributed by atoms with E-state index in [1.807, 2.05) is 6.07 Å². The van der Waals surface area contributed by atoms with Crippen LogP contribution >= 0.6 is 27.5 Å². The van der Waals surface area contributed by atoms with Crippen LogP contribution in [-0.4, -0.2) is 66.9 Å². The van der Waals surface area contributed by atoms with Crippen LogP contribution in [0.3, 0.4) is 0 Å². The molecule has 0 amide bonds. The van der Waals surface area contributed by atoms with Gasteiger partial charge in [0.05, 0.1) is 28.8 Å². The molecule has 116 valence electrons. The Kier molecular flexibility index (Phi) is 5.80. The first-order valence-electron chi connectivity index (χ1n) is 6.53. The first kappa shape index (κ1) is 16.5. The Bertz CT molecular complexity index is 517. The number of morpholine rings is 1. The van der Waals surface area contributed by atoms with Gasteiger partial charge < -0.3 is 14.7 Å². The number of carboxylic acids is 1. The molecule has 0 radical (unpaired) electrons. The van der Waals surface area contributed by atoms with Crippen LogP contribution in [0.25, 0.3) is 0 Å². The number of likely N-dealkylation sites (N-methyl/N-ethyl adjacent to an activating group) is 1.